The van der Waals surface area contributed by atoms with Crippen LogP contribution in [-0.2, 0) is 6.54 Å². The number of ether oxygens (including phenoxy) is 1. The molecule has 0 bridgehead atoms. The predicted octanol–water partition coefficient (Wildman–Crippen LogP) is 4.42. The van der Waals surface area contributed by atoms with Crippen molar-refractivity contribution in [2.45, 2.75) is 32.4 Å². The van der Waals surface area contributed by atoms with Gasteiger partial charge in [0.15, 0.2) is 0 Å². The molecule has 2 unspecified atom stereocenters. The first kappa shape index (κ1) is 17.6. The molecule has 0 spiro atoms. The molecule has 5 heteroatoms. The lowest BCUT2D eigenvalue weighted by Crippen LogP contribution is -2.21. The van der Waals surface area contributed by atoms with Gasteiger partial charge < -0.3 is 10.1 Å². The molecule has 2 atom stereocenters. The molecule has 1 aromatic heterocycles. The van der Waals surface area contributed by atoms with Crippen LogP contribution in [0.1, 0.15) is 25.3 Å². The third kappa shape index (κ3) is 4.13. The molecule has 0 amide bonds. The molecular formula is C22H25N4O. The van der Waals surface area contributed by atoms with Crippen LogP contribution < -0.4 is 10.1 Å². The van der Waals surface area contributed by atoms with E-state index < -0.39 is 0 Å². The van der Waals surface area contributed by atoms with Gasteiger partial charge in [-0.2, -0.15) is 0 Å². The number of anilines is 1. The molecule has 1 N–H and O–H groups in total. The number of hydrogen-bond donors (Lipinski definition) is 1. The van der Waals surface area contributed by atoms with Crippen molar-refractivity contribution in [2.75, 3.05) is 12.4 Å². The van der Waals surface area contributed by atoms with E-state index in [2.05, 4.69) is 53.2 Å². The standard InChI is InChI=1S/C22H25N4O/c1-16-5-3-8-21(16)23-19-7-4-6-18(13-19)22-15-26(25-24-22)14-17-9-11-20(27-2)12-10-17/h4-7,9-13,15-16,21,23H,3,8,14H2,1-2H3. The fourth-order valence-electron chi connectivity index (χ4n) is 3.58. The van der Waals surface area contributed by atoms with Crippen LogP contribution in [0.4, 0.5) is 5.69 Å². The van der Waals surface area contributed by atoms with Gasteiger partial charge in [0.05, 0.1) is 19.9 Å². The molecule has 1 fully saturated rings. The van der Waals surface area contributed by atoms with E-state index in [1.807, 2.05) is 35.1 Å². The lowest BCUT2D eigenvalue weighted by Gasteiger charge is -2.18. The van der Waals surface area contributed by atoms with Crippen LogP contribution in [0.3, 0.4) is 0 Å². The second kappa shape index (κ2) is 7.82. The number of methoxy groups -OCH3 is 1. The molecule has 1 aliphatic rings. The van der Waals surface area contributed by atoms with Crippen LogP contribution in [0.15, 0.2) is 54.7 Å². The number of nitrogens with zero attached hydrogens (tertiary/aromatic N) is 3. The zero-order valence-corrected chi connectivity index (χ0v) is 15.8. The van der Waals surface area contributed by atoms with Gasteiger partial charge in [-0.15, -0.1) is 5.10 Å². The van der Waals surface area contributed by atoms with Crippen LogP contribution >= 0.6 is 0 Å². The molecule has 1 radical (unpaired) electrons. The van der Waals surface area contributed by atoms with Gasteiger partial charge in [-0.3, -0.25) is 0 Å². The van der Waals surface area contributed by atoms with E-state index >= 15 is 0 Å². The monoisotopic (exact) mass is 361 g/mol. The quantitative estimate of drug-likeness (QED) is 0.706. The Morgan fingerprint density at radius 3 is 2.78 bits per heavy atom. The van der Waals surface area contributed by atoms with Crippen LogP contribution in [0.5, 0.6) is 5.75 Å². The van der Waals surface area contributed by atoms with Gasteiger partial charge in [0.25, 0.3) is 0 Å². The molecule has 4 rings (SSSR count). The maximum Gasteiger partial charge on any atom is 0.118 e. The van der Waals surface area contributed by atoms with Crippen LogP contribution in [0.2, 0.25) is 0 Å². The van der Waals surface area contributed by atoms with E-state index in [9.17, 15) is 0 Å². The number of nitrogens with one attached hydrogen (secondary N) is 1. The van der Waals surface area contributed by atoms with Crippen molar-refractivity contribution in [2.24, 2.45) is 5.92 Å². The summed E-state index contributed by atoms with van der Waals surface area (Å²) in [4.78, 5) is 0. The average Bonchev–Trinajstić information content (AvgIpc) is 3.32. The zero-order valence-electron chi connectivity index (χ0n) is 15.8. The third-order valence-corrected chi connectivity index (χ3v) is 5.20. The summed E-state index contributed by atoms with van der Waals surface area (Å²) in [6.07, 6.45) is 6.78. The highest BCUT2D eigenvalue weighted by atomic mass is 16.5. The molecule has 5 nitrogen and oxygen atoms in total. The van der Waals surface area contributed by atoms with Gasteiger partial charge in [-0.1, -0.05) is 36.4 Å². The van der Waals surface area contributed by atoms with Crippen molar-refractivity contribution in [1.29, 1.82) is 0 Å². The molecule has 139 valence electrons. The molecule has 2 aromatic carbocycles. The van der Waals surface area contributed by atoms with Crippen molar-refractivity contribution >= 4 is 5.69 Å². The second-order valence-electron chi connectivity index (χ2n) is 7.15. The van der Waals surface area contributed by atoms with Crippen molar-refractivity contribution in [3.05, 3.63) is 66.7 Å². The number of aromatic nitrogens is 3. The first-order valence-corrected chi connectivity index (χ1v) is 9.44. The fraction of sp³-hybridized carbons (Fsp3) is 0.318. The Labute approximate surface area is 160 Å². The Morgan fingerprint density at radius 1 is 1.19 bits per heavy atom. The minimum atomic E-state index is 0.519. The Hall–Kier alpha value is -2.82. The van der Waals surface area contributed by atoms with Gasteiger partial charge in [0.1, 0.15) is 11.4 Å². The molecule has 1 saturated carbocycles. The lowest BCUT2D eigenvalue weighted by atomic mass is 10.1. The highest BCUT2D eigenvalue weighted by Gasteiger charge is 2.23. The summed E-state index contributed by atoms with van der Waals surface area (Å²) < 4.78 is 7.07. The van der Waals surface area contributed by atoms with E-state index in [0.29, 0.717) is 18.5 Å². The average molecular weight is 361 g/mol. The van der Waals surface area contributed by atoms with Gasteiger partial charge in [-0.05, 0) is 55.0 Å². The van der Waals surface area contributed by atoms with Crippen molar-refractivity contribution in [3.8, 4) is 17.0 Å². The summed E-state index contributed by atoms with van der Waals surface area (Å²) in [7, 11) is 1.67. The van der Waals surface area contributed by atoms with E-state index in [4.69, 9.17) is 4.74 Å². The van der Waals surface area contributed by atoms with Gasteiger partial charge in [0, 0.05) is 17.3 Å². The van der Waals surface area contributed by atoms with Crippen molar-refractivity contribution in [3.63, 3.8) is 0 Å². The van der Waals surface area contributed by atoms with Gasteiger partial charge in [0.2, 0.25) is 0 Å². The Bertz CT molecular complexity index is 887. The summed E-state index contributed by atoms with van der Waals surface area (Å²) in [6, 6.07) is 17.0. The molecule has 27 heavy (non-hydrogen) atoms. The Kier molecular flexibility index (Phi) is 5.10. The van der Waals surface area contributed by atoms with E-state index in [0.717, 1.165) is 28.3 Å². The Morgan fingerprint density at radius 2 is 2.04 bits per heavy atom. The summed E-state index contributed by atoms with van der Waals surface area (Å²) in [5, 5.41) is 12.3. The normalized spacial score (nSPS) is 19.2. The van der Waals surface area contributed by atoms with Crippen molar-refractivity contribution in [1.82, 2.24) is 15.0 Å². The number of hydrogen-bond acceptors (Lipinski definition) is 4. The minimum Gasteiger partial charge on any atom is -0.497 e. The molecule has 0 saturated heterocycles. The topological polar surface area (TPSA) is 52.0 Å². The maximum absolute atomic E-state index is 5.20. The molecule has 1 heterocycles. The van der Waals surface area contributed by atoms with E-state index in [1.54, 1.807) is 7.11 Å². The maximum atomic E-state index is 5.20. The van der Waals surface area contributed by atoms with Crippen molar-refractivity contribution < 1.29 is 4.74 Å². The molecule has 3 aromatic rings. The van der Waals surface area contributed by atoms with Crippen LogP contribution in [-0.4, -0.2) is 28.1 Å². The minimum absolute atomic E-state index is 0.519. The van der Waals surface area contributed by atoms with E-state index in [1.165, 1.54) is 12.8 Å². The molecule has 0 aliphatic heterocycles. The van der Waals surface area contributed by atoms with Crippen LogP contribution in [0.25, 0.3) is 11.3 Å². The SMILES string of the molecule is COc1ccc(Cn2cc(-c3cccc(NC4CC[CH]C4C)c3)nn2)cc1. The smallest absolute Gasteiger partial charge is 0.118 e. The summed E-state index contributed by atoms with van der Waals surface area (Å²) in [5.41, 5.74) is 4.27. The van der Waals surface area contributed by atoms with E-state index in [-0.39, 0.29) is 0 Å². The number of benzene rings is 2. The predicted molar refractivity (Wildman–Crippen MR) is 108 cm³/mol. The second-order valence-corrected chi connectivity index (χ2v) is 7.15. The number of rotatable bonds is 6. The summed E-state index contributed by atoms with van der Waals surface area (Å²) >= 11 is 0. The zero-order chi connectivity index (χ0) is 18.6. The first-order chi connectivity index (χ1) is 13.2. The molecular weight excluding hydrogens is 336 g/mol. The first-order valence-electron chi connectivity index (χ1n) is 9.44. The lowest BCUT2D eigenvalue weighted by molar-refractivity contribution is 0.414. The van der Waals surface area contributed by atoms with Gasteiger partial charge in [-0.25, -0.2) is 4.68 Å². The molecule has 1 aliphatic carbocycles. The largest absolute Gasteiger partial charge is 0.497 e. The Balaban J connectivity index is 1.46. The third-order valence-electron chi connectivity index (χ3n) is 5.20. The summed E-state index contributed by atoms with van der Waals surface area (Å²) in [6.45, 7) is 2.96. The van der Waals surface area contributed by atoms with Gasteiger partial charge >= 0.3 is 0 Å². The van der Waals surface area contributed by atoms with Crippen LogP contribution in [0, 0.1) is 12.3 Å². The summed E-state index contributed by atoms with van der Waals surface area (Å²) in [5.74, 6) is 1.47. The fourth-order valence-corrected chi connectivity index (χ4v) is 3.58. The highest BCUT2D eigenvalue weighted by molar-refractivity contribution is 5.64. The highest BCUT2D eigenvalue weighted by Crippen LogP contribution is 2.28.